The molecular weight excluding hydrogens is 943 g/mol. The van der Waals surface area contributed by atoms with E-state index in [0.717, 1.165) is 44.6 Å². The quantitative estimate of drug-likeness (QED) is 0.148. The Hall–Kier alpha value is -8.93. The first-order chi connectivity index (χ1) is 37.2. The lowest BCUT2D eigenvalue weighted by Crippen LogP contribution is -2.79. The number of benzene rings is 12. The smallest absolute Gasteiger partial charge is 0.180 e. The maximum atomic E-state index is 6.48. The van der Waals surface area contributed by atoms with E-state index in [4.69, 9.17) is 4.42 Å². The van der Waals surface area contributed by atoms with E-state index in [9.17, 15) is 0 Å². The second kappa shape index (κ2) is 17.4. The number of rotatable bonds is 7. The molecule has 1 aromatic heterocycles. The number of hydrogen-bond donors (Lipinski definition) is 0. The van der Waals surface area contributed by atoms with Crippen LogP contribution in [0, 0.1) is 0 Å². The van der Waals surface area contributed by atoms with Gasteiger partial charge in [-0.15, -0.1) is 0 Å². The van der Waals surface area contributed by atoms with Gasteiger partial charge in [-0.1, -0.05) is 236 Å². The molecule has 0 N–H and O–H groups in total. The van der Waals surface area contributed by atoms with E-state index in [2.05, 4.69) is 278 Å². The van der Waals surface area contributed by atoms with Gasteiger partial charge in [0.1, 0.15) is 11.2 Å². The average molecular weight is 990 g/mol. The number of anilines is 3. The maximum Gasteiger partial charge on any atom is 0.180 e. The Labute approximate surface area is 441 Å². The van der Waals surface area contributed by atoms with Crippen LogP contribution < -0.4 is 25.6 Å². The summed E-state index contributed by atoms with van der Waals surface area (Å²) in [6, 6.07) is 106. The zero-order chi connectivity index (χ0) is 49.5. The predicted molar refractivity (Wildman–Crippen MR) is 316 cm³/mol. The van der Waals surface area contributed by atoms with E-state index in [0.29, 0.717) is 0 Å². The van der Waals surface area contributed by atoms with Crippen molar-refractivity contribution in [1.82, 2.24) is 0 Å². The van der Waals surface area contributed by atoms with Gasteiger partial charge in [-0.3, -0.25) is 0 Å². The van der Waals surface area contributed by atoms with Crippen molar-refractivity contribution in [1.29, 1.82) is 0 Å². The monoisotopic (exact) mass is 989 g/mol. The first-order valence-corrected chi connectivity index (χ1v) is 28.6. The van der Waals surface area contributed by atoms with E-state index < -0.39 is 13.5 Å². The lowest BCUT2D eigenvalue weighted by molar-refractivity contribution is 0.669. The van der Waals surface area contributed by atoms with Crippen LogP contribution in [0.15, 0.2) is 299 Å². The summed E-state index contributed by atoms with van der Waals surface area (Å²) in [5.41, 5.74) is 14.6. The summed E-state index contributed by atoms with van der Waals surface area (Å²) in [7, 11) is -2.82. The molecular formula is C71H47NOSSi. The van der Waals surface area contributed by atoms with E-state index in [1.54, 1.807) is 0 Å². The van der Waals surface area contributed by atoms with Crippen LogP contribution in [0.25, 0.3) is 55.0 Å². The third-order valence-electron chi connectivity index (χ3n) is 16.1. The first kappa shape index (κ1) is 43.6. The van der Waals surface area contributed by atoms with E-state index in [-0.39, 0.29) is 0 Å². The summed E-state index contributed by atoms with van der Waals surface area (Å²) in [5, 5.41) is 10.4. The summed E-state index contributed by atoms with van der Waals surface area (Å²) >= 11 is 1.90. The van der Waals surface area contributed by atoms with Gasteiger partial charge >= 0.3 is 0 Å². The molecule has 75 heavy (non-hydrogen) atoms. The number of nitrogens with zero attached hydrogens (tertiary/aromatic N) is 1. The molecule has 0 aliphatic carbocycles. The van der Waals surface area contributed by atoms with Gasteiger partial charge < -0.3 is 9.32 Å². The largest absolute Gasteiger partial charge is 0.456 e. The van der Waals surface area contributed by atoms with Crippen molar-refractivity contribution in [3.63, 3.8) is 0 Å². The number of fused-ring (bicyclic) bond motifs is 12. The Morgan fingerprint density at radius 1 is 0.333 bits per heavy atom. The normalized spacial score (nSPS) is 13.8. The molecule has 2 aliphatic rings. The van der Waals surface area contributed by atoms with E-state index in [1.807, 2.05) is 23.9 Å². The highest BCUT2D eigenvalue weighted by molar-refractivity contribution is 7.99. The summed E-state index contributed by atoms with van der Waals surface area (Å²) < 4.78 is 6.48. The molecule has 2 aliphatic heterocycles. The zero-order valence-corrected chi connectivity index (χ0v) is 42.7. The van der Waals surface area contributed by atoms with Crippen LogP contribution in [-0.4, -0.2) is 8.07 Å². The fraction of sp³-hybridized carbons (Fsp3) is 0.0141. The molecule has 352 valence electrons. The molecule has 12 aromatic carbocycles. The second-order valence-electron chi connectivity index (χ2n) is 19.9. The minimum atomic E-state index is -2.82. The minimum absolute atomic E-state index is 0.544. The van der Waals surface area contributed by atoms with Crippen molar-refractivity contribution in [2.75, 3.05) is 4.90 Å². The van der Waals surface area contributed by atoms with Crippen LogP contribution in [0.5, 0.6) is 0 Å². The topological polar surface area (TPSA) is 16.4 Å². The standard InChI is InChI=1S/C71H47NOSSi/c1-3-20-55(21-4-1)75(56-22-5-2-6-23-56)69-32-15-11-28-63(69)71(64-29-12-16-33-70(64)75)61-27-10-14-31-67(61)74-68-46-51(38-45-62(68)71)48-34-39-52(40-35-48)72(54-43-44-60-59-25-9-13-30-65(59)73-66(60)47-54)53-41-36-50(37-42-53)58-26-17-19-49-18-7-8-24-57(49)58/h1-47H. The van der Waals surface area contributed by atoms with Gasteiger partial charge in [0, 0.05) is 43.7 Å². The number of furan rings is 1. The molecule has 0 radical (unpaired) electrons. The Kier molecular flexibility index (Phi) is 10.1. The van der Waals surface area contributed by atoms with Crippen LogP contribution in [0.4, 0.5) is 17.1 Å². The van der Waals surface area contributed by atoms with Gasteiger partial charge in [-0.25, -0.2) is 0 Å². The van der Waals surface area contributed by atoms with Gasteiger partial charge in [0.15, 0.2) is 8.07 Å². The Bertz CT molecular complexity index is 4240. The summed E-state index contributed by atoms with van der Waals surface area (Å²) in [4.78, 5) is 4.92. The molecule has 4 heteroatoms. The molecule has 15 rings (SSSR count). The molecule has 2 nitrogen and oxygen atoms in total. The van der Waals surface area contributed by atoms with E-state index >= 15 is 0 Å². The third kappa shape index (κ3) is 6.60. The molecule has 0 saturated heterocycles. The van der Waals surface area contributed by atoms with Crippen LogP contribution in [0.1, 0.15) is 22.3 Å². The highest BCUT2D eigenvalue weighted by atomic mass is 32.2. The van der Waals surface area contributed by atoms with Crippen LogP contribution in [0.2, 0.25) is 0 Å². The Balaban J connectivity index is 0.867. The fourth-order valence-electron chi connectivity index (χ4n) is 12.9. The molecule has 0 amide bonds. The predicted octanol–water partition coefficient (Wildman–Crippen LogP) is 16.1. The number of hydrogen-bond acceptors (Lipinski definition) is 3. The van der Waals surface area contributed by atoms with Crippen molar-refractivity contribution in [2.24, 2.45) is 0 Å². The van der Waals surface area contributed by atoms with Gasteiger partial charge in [0.05, 0.1) is 5.41 Å². The van der Waals surface area contributed by atoms with Crippen molar-refractivity contribution >= 4 is 90.4 Å². The van der Waals surface area contributed by atoms with Crippen molar-refractivity contribution in [3.05, 3.63) is 307 Å². The second-order valence-corrected chi connectivity index (χ2v) is 24.7. The molecule has 0 fully saturated rings. The molecule has 13 aromatic rings. The van der Waals surface area contributed by atoms with Gasteiger partial charge in [0.2, 0.25) is 0 Å². The lowest BCUT2D eigenvalue weighted by atomic mass is 9.64. The van der Waals surface area contributed by atoms with Crippen molar-refractivity contribution in [2.45, 2.75) is 15.2 Å². The SMILES string of the molecule is c1ccc([Si]2(c3ccccc3)c3ccccc3C3(c4ccccc4Sc4cc(-c5ccc(N(c6ccc(-c7cccc8ccccc78)cc6)c6ccc7c(c6)oc6ccccc67)cc5)ccc43)c3ccccc32)cc1. The molecule has 3 heterocycles. The number of para-hydroxylation sites is 1. The molecule has 0 unspecified atom stereocenters. The van der Waals surface area contributed by atoms with E-state index in [1.165, 1.54) is 80.3 Å². The summed E-state index contributed by atoms with van der Waals surface area (Å²) in [6.07, 6.45) is 0. The van der Waals surface area contributed by atoms with Gasteiger partial charge in [-0.05, 0) is 131 Å². The van der Waals surface area contributed by atoms with Gasteiger partial charge in [-0.2, -0.15) is 0 Å². The fourth-order valence-corrected chi connectivity index (χ4v) is 19.4. The summed E-state index contributed by atoms with van der Waals surface area (Å²) in [6.45, 7) is 0. The minimum Gasteiger partial charge on any atom is -0.456 e. The highest BCUT2D eigenvalue weighted by Crippen LogP contribution is 2.57. The van der Waals surface area contributed by atoms with Crippen molar-refractivity contribution in [3.8, 4) is 22.3 Å². The average Bonchev–Trinajstić information content (AvgIpc) is 3.89. The molecule has 0 bridgehead atoms. The first-order valence-electron chi connectivity index (χ1n) is 25.8. The maximum absolute atomic E-state index is 6.48. The van der Waals surface area contributed by atoms with Crippen LogP contribution >= 0.6 is 11.8 Å². The van der Waals surface area contributed by atoms with Crippen LogP contribution in [0.3, 0.4) is 0 Å². The molecule has 0 saturated carbocycles. The third-order valence-corrected chi connectivity index (χ3v) is 22.1. The lowest BCUT2D eigenvalue weighted by Gasteiger charge is -2.51. The van der Waals surface area contributed by atoms with Crippen molar-refractivity contribution < 1.29 is 4.42 Å². The molecule has 0 atom stereocenters. The summed E-state index contributed by atoms with van der Waals surface area (Å²) in [5.74, 6) is 0. The Morgan fingerprint density at radius 3 is 1.56 bits per heavy atom. The highest BCUT2D eigenvalue weighted by Gasteiger charge is 2.57. The Morgan fingerprint density at radius 2 is 0.853 bits per heavy atom. The van der Waals surface area contributed by atoms with Crippen LogP contribution in [-0.2, 0) is 5.41 Å². The van der Waals surface area contributed by atoms with Gasteiger partial charge in [0.25, 0.3) is 0 Å². The molecule has 1 spiro atoms. The zero-order valence-electron chi connectivity index (χ0n) is 40.9.